The largest absolute Gasteiger partial charge is 0.478 e. The van der Waals surface area contributed by atoms with Crippen LogP contribution in [0.1, 0.15) is 68.7 Å². The van der Waals surface area contributed by atoms with Gasteiger partial charge >= 0.3 is 11.9 Å². The zero-order valence-electron chi connectivity index (χ0n) is 11.9. The molecule has 5 nitrogen and oxygen atoms in total. The van der Waals surface area contributed by atoms with E-state index in [4.69, 9.17) is 5.11 Å². The first-order valence-corrected chi connectivity index (χ1v) is 7.08. The summed E-state index contributed by atoms with van der Waals surface area (Å²) in [5.41, 5.74) is 0.0200. The van der Waals surface area contributed by atoms with Crippen molar-refractivity contribution in [1.82, 2.24) is 0 Å². The van der Waals surface area contributed by atoms with E-state index in [-0.39, 0.29) is 34.0 Å². The third kappa shape index (κ3) is 2.96. The Morgan fingerprint density at radius 2 is 1.52 bits per heavy atom. The highest BCUT2D eigenvalue weighted by molar-refractivity contribution is 6.09. The zero-order valence-corrected chi connectivity index (χ0v) is 11.9. The summed E-state index contributed by atoms with van der Waals surface area (Å²) in [5, 5.41) is 18.4. The number of carboxylic acid groups (broad SMARTS) is 2. The summed E-state index contributed by atoms with van der Waals surface area (Å²) in [5.74, 6) is -2.76. The van der Waals surface area contributed by atoms with E-state index in [9.17, 15) is 19.5 Å². The maximum atomic E-state index is 12.5. The Kier molecular flexibility index (Phi) is 4.40. The topological polar surface area (TPSA) is 91.7 Å². The summed E-state index contributed by atoms with van der Waals surface area (Å²) in [6.07, 6.45) is 4.61. The van der Waals surface area contributed by atoms with Crippen LogP contribution in [0.15, 0.2) is 12.1 Å². The molecule has 1 saturated carbocycles. The molecule has 0 atom stereocenters. The Balaban J connectivity index is 2.48. The zero-order chi connectivity index (χ0) is 15.6. The average Bonchev–Trinajstić information content (AvgIpc) is 2.46. The number of ketones is 1. The SMILES string of the molecule is Cc1c(C(=O)O)ccc(C(=O)C2CCCCC2)c1C(=O)O. The first-order chi connectivity index (χ1) is 9.93. The second-order valence-corrected chi connectivity index (χ2v) is 5.47. The number of rotatable bonds is 4. The molecule has 1 fully saturated rings. The fourth-order valence-electron chi connectivity index (χ4n) is 3.01. The molecule has 21 heavy (non-hydrogen) atoms. The minimum absolute atomic E-state index is 0.0763. The van der Waals surface area contributed by atoms with Gasteiger partial charge in [0, 0.05) is 11.5 Å². The van der Waals surface area contributed by atoms with E-state index in [0.717, 1.165) is 32.1 Å². The van der Waals surface area contributed by atoms with Crippen LogP contribution in [0.2, 0.25) is 0 Å². The van der Waals surface area contributed by atoms with Crippen LogP contribution >= 0.6 is 0 Å². The van der Waals surface area contributed by atoms with Crippen molar-refractivity contribution in [3.8, 4) is 0 Å². The molecule has 1 aliphatic carbocycles. The molecule has 0 radical (unpaired) electrons. The summed E-state index contributed by atoms with van der Waals surface area (Å²) in [6.45, 7) is 1.44. The van der Waals surface area contributed by atoms with Gasteiger partial charge in [-0.1, -0.05) is 19.3 Å². The molecule has 112 valence electrons. The van der Waals surface area contributed by atoms with Crippen LogP contribution in [0.4, 0.5) is 0 Å². The molecule has 0 amide bonds. The van der Waals surface area contributed by atoms with E-state index in [2.05, 4.69) is 0 Å². The maximum Gasteiger partial charge on any atom is 0.336 e. The molecule has 1 aromatic rings. The molecule has 0 aromatic heterocycles. The smallest absolute Gasteiger partial charge is 0.336 e. The van der Waals surface area contributed by atoms with Gasteiger partial charge in [0.15, 0.2) is 5.78 Å². The van der Waals surface area contributed by atoms with Gasteiger partial charge in [-0.25, -0.2) is 9.59 Å². The second-order valence-electron chi connectivity index (χ2n) is 5.47. The molecular weight excluding hydrogens is 272 g/mol. The van der Waals surface area contributed by atoms with Crippen molar-refractivity contribution in [3.05, 3.63) is 34.4 Å². The molecular formula is C16H18O5. The number of carbonyl (C=O) groups excluding carboxylic acids is 1. The van der Waals surface area contributed by atoms with E-state index in [1.165, 1.54) is 19.1 Å². The number of benzene rings is 1. The van der Waals surface area contributed by atoms with Gasteiger partial charge in [-0.2, -0.15) is 0 Å². The lowest BCUT2D eigenvalue weighted by Crippen LogP contribution is -2.22. The first-order valence-electron chi connectivity index (χ1n) is 7.08. The number of Topliss-reactive ketones (excluding diaryl/α,β-unsaturated/α-hetero) is 1. The molecule has 0 unspecified atom stereocenters. The van der Waals surface area contributed by atoms with E-state index in [1.807, 2.05) is 0 Å². The second kappa shape index (κ2) is 6.08. The van der Waals surface area contributed by atoms with Crippen LogP contribution < -0.4 is 0 Å². The predicted molar refractivity (Wildman–Crippen MR) is 76.0 cm³/mol. The van der Waals surface area contributed by atoms with Gasteiger partial charge in [-0.15, -0.1) is 0 Å². The van der Waals surface area contributed by atoms with Gasteiger partial charge in [0.05, 0.1) is 11.1 Å². The molecule has 0 saturated heterocycles. The van der Waals surface area contributed by atoms with Crippen molar-refractivity contribution in [3.63, 3.8) is 0 Å². The third-order valence-electron chi connectivity index (χ3n) is 4.15. The quantitative estimate of drug-likeness (QED) is 0.831. The Bertz CT molecular complexity index is 597. The molecule has 1 aliphatic rings. The van der Waals surface area contributed by atoms with Crippen LogP contribution in [-0.4, -0.2) is 27.9 Å². The molecule has 2 N–H and O–H groups in total. The van der Waals surface area contributed by atoms with Gasteiger partial charge < -0.3 is 10.2 Å². The molecule has 1 aromatic carbocycles. The Hall–Kier alpha value is -2.17. The highest BCUT2D eigenvalue weighted by Crippen LogP contribution is 2.29. The third-order valence-corrected chi connectivity index (χ3v) is 4.15. The molecule has 2 rings (SSSR count). The Labute approximate surface area is 122 Å². The van der Waals surface area contributed by atoms with Gasteiger partial charge in [0.2, 0.25) is 0 Å². The minimum atomic E-state index is -1.25. The van der Waals surface area contributed by atoms with E-state index < -0.39 is 11.9 Å². The summed E-state index contributed by atoms with van der Waals surface area (Å²) >= 11 is 0. The Morgan fingerprint density at radius 3 is 2.05 bits per heavy atom. The lowest BCUT2D eigenvalue weighted by molar-refractivity contribution is 0.0687. The summed E-state index contributed by atoms with van der Waals surface area (Å²) in [7, 11) is 0. The van der Waals surface area contributed by atoms with E-state index in [1.54, 1.807) is 0 Å². The van der Waals surface area contributed by atoms with Crippen LogP contribution in [0, 0.1) is 12.8 Å². The number of aromatic carboxylic acids is 2. The highest BCUT2D eigenvalue weighted by atomic mass is 16.4. The highest BCUT2D eigenvalue weighted by Gasteiger charge is 2.28. The summed E-state index contributed by atoms with van der Waals surface area (Å²) < 4.78 is 0. The van der Waals surface area contributed by atoms with Crippen molar-refractivity contribution in [1.29, 1.82) is 0 Å². The standard InChI is InChI=1S/C16H18O5/c1-9-11(15(18)19)7-8-12(13(9)16(20)21)14(17)10-5-3-2-4-6-10/h7-8,10H,2-6H2,1H3,(H,18,19)(H,20,21). The van der Waals surface area contributed by atoms with E-state index in [0.29, 0.717) is 0 Å². The molecule has 5 heteroatoms. The van der Waals surface area contributed by atoms with Crippen LogP contribution in [0.5, 0.6) is 0 Å². The summed E-state index contributed by atoms with van der Waals surface area (Å²) in [4.78, 5) is 35.1. The van der Waals surface area contributed by atoms with Crippen molar-refractivity contribution in [2.24, 2.45) is 5.92 Å². The van der Waals surface area contributed by atoms with Gasteiger partial charge in [0.1, 0.15) is 0 Å². The number of carbonyl (C=O) groups is 3. The Morgan fingerprint density at radius 1 is 0.952 bits per heavy atom. The predicted octanol–water partition coefficient (Wildman–Crippen LogP) is 3.15. The molecule has 0 aliphatic heterocycles. The molecule has 0 spiro atoms. The summed E-state index contributed by atoms with van der Waals surface area (Å²) in [6, 6.07) is 2.66. The minimum Gasteiger partial charge on any atom is -0.478 e. The molecule has 0 heterocycles. The normalized spacial score (nSPS) is 15.7. The number of carboxylic acids is 2. The fraction of sp³-hybridized carbons (Fsp3) is 0.438. The molecule has 0 bridgehead atoms. The fourth-order valence-corrected chi connectivity index (χ4v) is 3.01. The van der Waals surface area contributed by atoms with Crippen LogP contribution in [0.25, 0.3) is 0 Å². The lowest BCUT2D eigenvalue weighted by atomic mass is 9.81. The van der Waals surface area contributed by atoms with Gasteiger partial charge in [-0.3, -0.25) is 4.79 Å². The average molecular weight is 290 g/mol. The van der Waals surface area contributed by atoms with Crippen molar-refractivity contribution >= 4 is 17.7 Å². The van der Waals surface area contributed by atoms with Crippen LogP contribution in [0.3, 0.4) is 0 Å². The van der Waals surface area contributed by atoms with Gasteiger partial charge in [0.25, 0.3) is 0 Å². The van der Waals surface area contributed by atoms with Crippen LogP contribution in [-0.2, 0) is 0 Å². The monoisotopic (exact) mass is 290 g/mol. The lowest BCUT2D eigenvalue weighted by Gasteiger charge is -2.21. The van der Waals surface area contributed by atoms with Crippen molar-refractivity contribution < 1.29 is 24.6 Å². The van der Waals surface area contributed by atoms with E-state index >= 15 is 0 Å². The first kappa shape index (κ1) is 15.2. The van der Waals surface area contributed by atoms with Crippen molar-refractivity contribution in [2.75, 3.05) is 0 Å². The van der Waals surface area contributed by atoms with Gasteiger partial charge in [-0.05, 0) is 37.5 Å². The van der Waals surface area contributed by atoms with Crippen molar-refractivity contribution in [2.45, 2.75) is 39.0 Å². The maximum absolute atomic E-state index is 12.5. The number of hydrogen-bond donors (Lipinski definition) is 2. The number of hydrogen-bond acceptors (Lipinski definition) is 3.